The molecule has 0 radical (unpaired) electrons. The van der Waals surface area contributed by atoms with Gasteiger partial charge in [0.2, 0.25) is 0 Å². The second kappa shape index (κ2) is 10.1. The fourth-order valence-electron chi connectivity index (χ4n) is 2.27. The molecule has 0 bridgehead atoms. The van der Waals surface area contributed by atoms with Crippen molar-refractivity contribution < 1.29 is 33.5 Å². The van der Waals surface area contributed by atoms with Crippen LogP contribution < -0.4 is 5.43 Å². The highest BCUT2D eigenvalue weighted by Gasteiger charge is 2.64. The van der Waals surface area contributed by atoms with Gasteiger partial charge in [-0.05, 0) is 39.8 Å². The summed E-state index contributed by atoms with van der Waals surface area (Å²) in [4.78, 5) is 48.5. The molecule has 11 nitrogen and oxygen atoms in total. The van der Waals surface area contributed by atoms with Crippen LogP contribution in [0.25, 0.3) is 0 Å². The summed E-state index contributed by atoms with van der Waals surface area (Å²) >= 11 is 0. The van der Waals surface area contributed by atoms with Crippen molar-refractivity contribution in [3.05, 3.63) is 46.0 Å². The maximum absolute atomic E-state index is 12.9. The van der Waals surface area contributed by atoms with Crippen molar-refractivity contribution in [1.29, 1.82) is 0 Å². The number of nitrogens with zero attached hydrogens (tertiary/aromatic N) is 2. The van der Waals surface area contributed by atoms with E-state index in [1.807, 2.05) is 5.43 Å². The van der Waals surface area contributed by atoms with Gasteiger partial charge in [0.1, 0.15) is 0 Å². The summed E-state index contributed by atoms with van der Waals surface area (Å²) in [6.45, 7) is 5.70. The van der Waals surface area contributed by atoms with Crippen LogP contribution in [0, 0.1) is 10.1 Å². The van der Waals surface area contributed by atoms with Crippen molar-refractivity contribution in [2.24, 2.45) is 0 Å². The molecule has 0 saturated heterocycles. The Morgan fingerprint density at radius 2 is 1.71 bits per heavy atom. The minimum Gasteiger partial charge on any atom is -0.456 e. The molecule has 2 amide bonds. The molecule has 0 aliphatic rings. The first kappa shape index (κ1) is 22.7. The summed E-state index contributed by atoms with van der Waals surface area (Å²) in [5.41, 5.74) is -1.23. The number of nitrogens with one attached hydrogen (secondary N) is 1. The number of nitro groups is 1. The standard InChI is InChI=1S/C17H23N3O8/c1-5-26-15(22)18-19(16(23)27-6-2)17(20(24)25,14(21)28-12(3)4)13-10-8-7-9-11-13/h7-12H,5-6H2,1-4H3,(H,18,22). The van der Waals surface area contributed by atoms with E-state index in [2.05, 4.69) is 0 Å². The van der Waals surface area contributed by atoms with E-state index >= 15 is 0 Å². The van der Waals surface area contributed by atoms with Crippen LogP contribution in [0.2, 0.25) is 0 Å². The minimum atomic E-state index is -2.94. The van der Waals surface area contributed by atoms with Crippen molar-refractivity contribution in [3.8, 4) is 0 Å². The predicted octanol–water partition coefficient (Wildman–Crippen LogP) is 2.19. The van der Waals surface area contributed by atoms with Gasteiger partial charge in [-0.1, -0.05) is 18.2 Å². The SMILES string of the molecule is CCOC(=O)NN(C(=O)OCC)C(C(=O)OC(C)C)(c1ccccc1)[N+](=O)[O-]. The van der Waals surface area contributed by atoms with E-state index in [0.29, 0.717) is 0 Å². The van der Waals surface area contributed by atoms with Crippen LogP contribution in [0.3, 0.4) is 0 Å². The fourth-order valence-corrected chi connectivity index (χ4v) is 2.27. The number of carbonyl (C=O) groups is 3. The van der Waals surface area contributed by atoms with E-state index < -0.39 is 34.8 Å². The van der Waals surface area contributed by atoms with E-state index in [9.17, 15) is 24.5 Å². The van der Waals surface area contributed by atoms with Crippen LogP contribution in [-0.4, -0.2) is 47.4 Å². The van der Waals surface area contributed by atoms with Crippen molar-refractivity contribution in [2.75, 3.05) is 13.2 Å². The first-order valence-corrected chi connectivity index (χ1v) is 8.53. The van der Waals surface area contributed by atoms with Gasteiger partial charge in [-0.3, -0.25) is 10.1 Å². The molecule has 0 saturated carbocycles. The van der Waals surface area contributed by atoms with Gasteiger partial charge >= 0.3 is 23.8 Å². The van der Waals surface area contributed by atoms with E-state index in [0.717, 1.165) is 0 Å². The van der Waals surface area contributed by atoms with Gasteiger partial charge in [-0.2, -0.15) is 0 Å². The maximum Gasteiger partial charge on any atom is 0.440 e. The summed E-state index contributed by atoms with van der Waals surface area (Å²) in [7, 11) is 0. The normalized spacial score (nSPS) is 12.5. The summed E-state index contributed by atoms with van der Waals surface area (Å²) in [6, 6.07) is 6.94. The molecular formula is C17H23N3O8. The first-order valence-electron chi connectivity index (χ1n) is 8.53. The molecular weight excluding hydrogens is 374 g/mol. The Labute approximate surface area is 161 Å². The van der Waals surface area contributed by atoms with E-state index in [4.69, 9.17) is 14.2 Å². The summed E-state index contributed by atoms with van der Waals surface area (Å²) in [6.07, 6.45) is -3.26. The largest absolute Gasteiger partial charge is 0.456 e. The number of rotatable bonds is 7. The van der Waals surface area contributed by atoms with Crippen LogP contribution in [0.1, 0.15) is 33.3 Å². The van der Waals surface area contributed by atoms with E-state index in [1.54, 1.807) is 6.07 Å². The number of esters is 1. The number of carbonyl (C=O) groups excluding carboxylic acids is 3. The molecule has 1 N–H and O–H groups in total. The molecule has 0 heterocycles. The Balaban J connectivity index is 3.69. The Morgan fingerprint density at radius 3 is 2.18 bits per heavy atom. The third-order valence-corrected chi connectivity index (χ3v) is 3.32. The molecule has 1 atom stereocenters. The number of hydrogen-bond donors (Lipinski definition) is 1. The van der Waals surface area contributed by atoms with Crippen molar-refractivity contribution in [1.82, 2.24) is 10.4 Å². The first-order chi connectivity index (χ1) is 13.2. The van der Waals surface area contributed by atoms with E-state index in [-0.39, 0.29) is 23.8 Å². The van der Waals surface area contributed by atoms with Gasteiger partial charge in [0, 0.05) is 0 Å². The fraction of sp³-hybridized carbons (Fsp3) is 0.471. The van der Waals surface area contributed by atoms with Crippen molar-refractivity contribution in [3.63, 3.8) is 0 Å². The maximum atomic E-state index is 12.9. The second-order valence-electron chi connectivity index (χ2n) is 5.62. The summed E-state index contributed by atoms with van der Waals surface area (Å²) in [5, 5.41) is 12.4. The van der Waals surface area contributed by atoms with Crippen LogP contribution in [0.5, 0.6) is 0 Å². The topological polar surface area (TPSA) is 137 Å². The van der Waals surface area contributed by atoms with Gasteiger partial charge in [0.15, 0.2) is 0 Å². The Bertz CT molecular complexity index is 710. The van der Waals surface area contributed by atoms with Gasteiger partial charge in [0.25, 0.3) is 0 Å². The average Bonchev–Trinajstić information content (AvgIpc) is 2.62. The third-order valence-electron chi connectivity index (χ3n) is 3.32. The zero-order valence-corrected chi connectivity index (χ0v) is 16.0. The number of hydrogen-bond acceptors (Lipinski definition) is 8. The quantitative estimate of drug-likeness (QED) is 0.243. The molecule has 1 unspecified atom stereocenters. The third kappa shape index (κ3) is 4.87. The lowest BCUT2D eigenvalue weighted by atomic mass is 9.99. The highest BCUT2D eigenvalue weighted by molar-refractivity contribution is 5.86. The second-order valence-corrected chi connectivity index (χ2v) is 5.62. The van der Waals surface area contributed by atoms with Crippen LogP contribution in [-0.2, 0) is 24.7 Å². The molecule has 0 aromatic heterocycles. The number of hydrazine groups is 1. The van der Waals surface area contributed by atoms with Crippen molar-refractivity contribution in [2.45, 2.75) is 39.5 Å². The molecule has 1 rings (SSSR count). The minimum absolute atomic E-state index is 0.0737. The highest BCUT2D eigenvalue weighted by atomic mass is 16.7. The van der Waals surface area contributed by atoms with Gasteiger partial charge < -0.3 is 14.2 Å². The highest BCUT2D eigenvalue weighted by Crippen LogP contribution is 2.31. The van der Waals surface area contributed by atoms with Crippen LogP contribution in [0.15, 0.2) is 30.3 Å². The lowest BCUT2D eigenvalue weighted by molar-refractivity contribution is -0.594. The molecule has 1 aromatic rings. The monoisotopic (exact) mass is 397 g/mol. The van der Waals surface area contributed by atoms with Crippen LogP contribution in [0.4, 0.5) is 9.59 Å². The van der Waals surface area contributed by atoms with Gasteiger partial charge in [-0.15, -0.1) is 5.01 Å². The summed E-state index contributed by atoms with van der Waals surface area (Å²) in [5.74, 6) is -1.39. The van der Waals surface area contributed by atoms with Crippen LogP contribution >= 0.6 is 0 Å². The van der Waals surface area contributed by atoms with Crippen molar-refractivity contribution >= 4 is 18.2 Å². The Morgan fingerprint density at radius 1 is 1.14 bits per heavy atom. The molecule has 0 aliphatic heterocycles. The smallest absolute Gasteiger partial charge is 0.440 e. The Kier molecular flexibility index (Phi) is 8.17. The predicted molar refractivity (Wildman–Crippen MR) is 95.4 cm³/mol. The molecule has 11 heteroatoms. The van der Waals surface area contributed by atoms with Gasteiger partial charge in [0.05, 0.1) is 29.8 Å². The zero-order chi connectivity index (χ0) is 21.3. The molecule has 1 aromatic carbocycles. The molecule has 0 fully saturated rings. The average molecular weight is 397 g/mol. The zero-order valence-electron chi connectivity index (χ0n) is 16.0. The molecule has 28 heavy (non-hydrogen) atoms. The number of amides is 2. The number of ether oxygens (including phenoxy) is 3. The lowest BCUT2D eigenvalue weighted by Crippen LogP contribution is -2.66. The molecule has 154 valence electrons. The molecule has 0 aliphatic carbocycles. The van der Waals surface area contributed by atoms with Gasteiger partial charge in [-0.25, -0.2) is 19.8 Å². The Hall–Kier alpha value is -3.37. The van der Waals surface area contributed by atoms with E-state index in [1.165, 1.54) is 52.0 Å². The number of benzene rings is 1. The lowest BCUT2D eigenvalue weighted by Gasteiger charge is -2.33. The molecule has 0 spiro atoms. The summed E-state index contributed by atoms with van der Waals surface area (Å²) < 4.78 is 14.6.